The van der Waals surface area contributed by atoms with Gasteiger partial charge in [0.2, 0.25) is 0 Å². The number of hydrogen-bond acceptors (Lipinski definition) is 4. The second kappa shape index (κ2) is 4.10. The molecule has 0 aromatic rings. The average Bonchev–Trinajstić information content (AvgIpc) is 2.49. The molecule has 1 aliphatic rings. The third-order valence-corrected chi connectivity index (χ3v) is 2.60. The predicted molar refractivity (Wildman–Crippen MR) is 55.4 cm³/mol. The highest BCUT2D eigenvalue weighted by Crippen LogP contribution is 2.29. The summed E-state index contributed by atoms with van der Waals surface area (Å²) in [5.74, 6) is -0.908. The summed E-state index contributed by atoms with van der Waals surface area (Å²) >= 11 is 0. The highest BCUT2D eigenvalue weighted by molar-refractivity contribution is 5.74. The van der Waals surface area contributed by atoms with Crippen molar-refractivity contribution in [3.8, 4) is 0 Å². The first-order chi connectivity index (χ1) is 6.75. The van der Waals surface area contributed by atoms with E-state index in [-0.39, 0.29) is 12.6 Å². The van der Waals surface area contributed by atoms with E-state index in [4.69, 9.17) is 9.47 Å². The number of ether oxygens (including phenoxy) is 2. The van der Waals surface area contributed by atoms with E-state index in [1.54, 1.807) is 6.92 Å². The van der Waals surface area contributed by atoms with Crippen molar-refractivity contribution in [2.75, 3.05) is 13.2 Å². The van der Waals surface area contributed by atoms with Crippen LogP contribution in [0.3, 0.4) is 0 Å². The molecule has 0 aliphatic carbocycles. The quantitative estimate of drug-likeness (QED) is 0.703. The first-order valence-electron chi connectivity index (χ1n) is 5.28. The molecule has 15 heavy (non-hydrogen) atoms. The standard InChI is InChI=1S/C11H20O4/c1-8(9(12)15-10(2,3)4)11(13)5-6-14-7-11/h8,13H,5-7H2,1-4H3. The maximum atomic E-state index is 11.7. The van der Waals surface area contributed by atoms with Gasteiger partial charge in [-0.1, -0.05) is 0 Å². The van der Waals surface area contributed by atoms with Crippen molar-refractivity contribution in [1.82, 2.24) is 0 Å². The number of aliphatic hydroxyl groups is 1. The highest BCUT2D eigenvalue weighted by Gasteiger charge is 2.43. The van der Waals surface area contributed by atoms with Gasteiger partial charge in [-0.25, -0.2) is 0 Å². The summed E-state index contributed by atoms with van der Waals surface area (Å²) in [4.78, 5) is 11.7. The molecule has 1 saturated heterocycles. The summed E-state index contributed by atoms with van der Waals surface area (Å²) < 4.78 is 10.3. The first-order valence-corrected chi connectivity index (χ1v) is 5.28. The molecule has 0 radical (unpaired) electrons. The van der Waals surface area contributed by atoms with Gasteiger partial charge in [-0.2, -0.15) is 0 Å². The van der Waals surface area contributed by atoms with Crippen molar-refractivity contribution in [3.63, 3.8) is 0 Å². The fraction of sp³-hybridized carbons (Fsp3) is 0.909. The topological polar surface area (TPSA) is 55.8 Å². The Labute approximate surface area is 90.6 Å². The lowest BCUT2D eigenvalue weighted by Crippen LogP contribution is -2.43. The Morgan fingerprint density at radius 1 is 1.53 bits per heavy atom. The second-order valence-electron chi connectivity index (χ2n) is 5.16. The molecule has 0 saturated carbocycles. The van der Waals surface area contributed by atoms with Gasteiger partial charge in [0.15, 0.2) is 0 Å². The number of carbonyl (C=O) groups excluding carboxylic acids is 1. The van der Waals surface area contributed by atoms with Gasteiger partial charge in [0.1, 0.15) is 11.2 Å². The molecule has 4 nitrogen and oxygen atoms in total. The lowest BCUT2D eigenvalue weighted by atomic mass is 9.88. The molecule has 4 heteroatoms. The second-order valence-corrected chi connectivity index (χ2v) is 5.16. The molecule has 0 aromatic heterocycles. The molecule has 2 unspecified atom stereocenters. The van der Waals surface area contributed by atoms with Crippen LogP contribution < -0.4 is 0 Å². The fourth-order valence-electron chi connectivity index (χ4n) is 1.52. The molecule has 1 N–H and O–H groups in total. The SMILES string of the molecule is CC(C(=O)OC(C)(C)C)C1(O)CCOC1. The minimum atomic E-state index is -1.05. The highest BCUT2D eigenvalue weighted by atomic mass is 16.6. The Kier molecular flexibility index (Phi) is 3.41. The van der Waals surface area contributed by atoms with Gasteiger partial charge in [0.25, 0.3) is 0 Å². The maximum Gasteiger partial charge on any atom is 0.312 e. The van der Waals surface area contributed by atoms with E-state index >= 15 is 0 Å². The third-order valence-electron chi connectivity index (χ3n) is 2.60. The summed E-state index contributed by atoms with van der Waals surface area (Å²) in [6, 6.07) is 0. The monoisotopic (exact) mass is 216 g/mol. The Morgan fingerprint density at radius 2 is 2.13 bits per heavy atom. The van der Waals surface area contributed by atoms with Gasteiger partial charge in [0.05, 0.1) is 12.5 Å². The van der Waals surface area contributed by atoms with Crippen LogP contribution in [0.4, 0.5) is 0 Å². The van der Waals surface area contributed by atoms with E-state index in [1.165, 1.54) is 0 Å². The predicted octanol–water partition coefficient (Wildman–Crippen LogP) is 1.12. The molecule has 1 aliphatic heterocycles. The van der Waals surface area contributed by atoms with Crippen LogP contribution >= 0.6 is 0 Å². The molecular weight excluding hydrogens is 196 g/mol. The molecule has 2 atom stereocenters. The molecule has 1 fully saturated rings. The normalized spacial score (nSPS) is 28.9. The summed E-state index contributed by atoms with van der Waals surface area (Å²) in [6.45, 7) is 7.84. The van der Waals surface area contributed by atoms with Crippen molar-refractivity contribution in [3.05, 3.63) is 0 Å². The molecule has 0 spiro atoms. The van der Waals surface area contributed by atoms with E-state index < -0.39 is 17.1 Å². The van der Waals surface area contributed by atoms with Gasteiger partial charge < -0.3 is 14.6 Å². The molecule has 0 aromatic carbocycles. The van der Waals surface area contributed by atoms with E-state index in [0.29, 0.717) is 13.0 Å². The average molecular weight is 216 g/mol. The van der Waals surface area contributed by atoms with Crippen molar-refractivity contribution >= 4 is 5.97 Å². The van der Waals surface area contributed by atoms with Crippen LogP contribution in [0.1, 0.15) is 34.1 Å². The van der Waals surface area contributed by atoms with Gasteiger partial charge in [-0.15, -0.1) is 0 Å². The van der Waals surface area contributed by atoms with Gasteiger partial charge >= 0.3 is 5.97 Å². The molecule has 0 bridgehead atoms. The van der Waals surface area contributed by atoms with E-state index in [0.717, 1.165) is 0 Å². The van der Waals surface area contributed by atoms with Crippen LogP contribution in [-0.2, 0) is 14.3 Å². The Balaban J connectivity index is 2.60. The lowest BCUT2D eigenvalue weighted by molar-refractivity contribution is -0.168. The van der Waals surface area contributed by atoms with Crippen LogP contribution in [0.5, 0.6) is 0 Å². The Bertz CT molecular complexity index is 235. The summed E-state index contributed by atoms with van der Waals surface area (Å²) in [7, 11) is 0. The molecule has 88 valence electrons. The molecular formula is C11H20O4. The zero-order chi connectivity index (χ0) is 11.7. The van der Waals surface area contributed by atoms with E-state index in [1.807, 2.05) is 20.8 Å². The summed E-state index contributed by atoms with van der Waals surface area (Å²) in [5.41, 5.74) is -1.57. The molecule has 1 heterocycles. The smallest absolute Gasteiger partial charge is 0.312 e. The number of rotatable bonds is 2. The van der Waals surface area contributed by atoms with Crippen LogP contribution in [0.25, 0.3) is 0 Å². The van der Waals surface area contributed by atoms with Crippen molar-refractivity contribution in [1.29, 1.82) is 0 Å². The van der Waals surface area contributed by atoms with Crippen LogP contribution in [0.2, 0.25) is 0 Å². The van der Waals surface area contributed by atoms with Crippen molar-refractivity contribution < 1.29 is 19.4 Å². The van der Waals surface area contributed by atoms with Crippen LogP contribution in [0, 0.1) is 5.92 Å². The third kappa shape index (κ3) is 3.18. The minimum absolute atomic E-state index is 0.216. The lowest BCUT2D eigenvalue weighted by Gasteiger charge is -2.29. The maximum absolute atomic E-state index is 11.7. The van der Waals surface area contributed by atoms with Crippen LogP contribution in [0.15, 0.2) is 0 Å². The van der Waals surface area contributed by atoms with Gasteiger partial charge in [-0.05, 0) is 27.7 Å². The van der Waals surface area contributed by atoms with Gasteiger partial charge in [-0.3, -0.25) is 4.79 Å². The van der Waals surface area contributed by atoms with E-state index in [9.17, 15) is 9.90 Å². The number of esters is 1. The zero-order valence-corrected chi connectivity index (χ0v) is 9.87. The van der Waals surface area contributed by atoms with Crippen LogP contribution in [-0.4, -0.2) is 35.5 Å². The molecule has 0 amide bonds. The number of carbonyl (C=O) groups is 1. The Hall–Kier alpha value is -0.610. The Morgan fingerprint density at radius 3 is 2.53 bits per heavy atom. The summed E-state index contributed by atoms with van der Waals surface area (Å²) in [5, 5.41) is 10.1. The van der Waals surface area contributed by atoms with Crippen molar-refractivity contribution in [2.24, 2.45) is 5.92 Å². The first kappa shape index (κ1) is 12.5. The summed E-state index contributed by atoms with van der Waals surface area (Å²) in [6.07, 6.45) is 0.493. The zero-order valence-electron chi connectivity index (χ0n) is 9.87. The molecule has 1 rings (SSSR count). The fourth-order valence-corrected chi connectivity index (χ4v) is 1.52. The van der Waals surface area contributed by atoms with Crippen molar-refractivity contribution in [2.45, 2.75) is 45.3 Å². The van der Waals surface area contributed by atoms with E-state index in [2.05, 4.69) is 0 Å². The van der Waals surface area contributed by atoms with Gasteiger partial charge in [0, 0.05) is 13.0 Å². The minimum Gasteiger partial charge on any atom is -0.460 e. The number of hydrogen-bond donors (Lipinski definition) is 1. The largest absolute Gasteiger partial charge is 0.460 e.